The molecule has 31 heavy (non-hydrogen) atoms. The number of fused-ring (bicyclic) bond motifs is 1. The standard InChI is InChI=1S/C22H16F4N2O3/c23-18-8-6-15(10-17(18)22(24,25)26)27-21(29)28-13-31-20-11-16(7-9-19(20)28)30-12-14-4-2-1-3-5-14/h1-11H,12-13H2,(H,27,29). The zero-order valence-electron chi connectivity index (χ0n) is 15.9. The van der Waals surface area contributed by atoms with E-state index in [1.165, 1.54) is 4.90 Å². The van der Waals surface area contributed by atoms with Gasteiger partial charge in [0, 0.05) is 11.8 Å². The van der Waals surface area contributed by atoms with Crippen LogP contribution in [0.15, 0.2) is 66.7 Å². The number of anilines is 2. The van der Waals surface area contributed by atoms with E-state index in [2.05, 4.69) is 5.32 Å². The molecular weight excluding hydrogens is 416 g/mol. The lowest BCUT2D eigenvalue weighted by Crippen LogP contribution is -2.34. The molecule has 5 nitrogen and oxygen atoms in total. The van der Waals surface area contributed by atoms with E-state index in [4.69, 9.17) is 9.47 Å². The van der Waals surface area contributed by atoms with Gasteiger partial charge in [0.25, 0.3) is 0 Å². The molecular formula is C22H16F4N2O3. The summed E-state index contributed by atoms with van der Waals surface area (Å²) in [5.41, 5.74) is -0.219. The summed E-state index contributed by atoms with van der Waals surface area (Å²) >= 11 is 0. The van der Waals surface area contributed by atoms with Gasteiger partial charge < -0.3 is 14.8 Å². The van der Waals surface area contributed by atoms with Crippen LogP contribution in [0.2, 0.25) is 0 Å². The minimum atomic E-state index is -4.87. The number of rotatable bonds is 4. The molecule has 0 atom stereocenters. The first-order chi connectivity index (χ1) is 14.8. The minimum Gasteiger partial charge on any atom is -0.489 e. The average Bonchev–Trinajstić information content (AvgIpc) is 3.17. The predicted octanol–water partition coefficient (Wildman–Crippen LogP) is 5.81. The third-order valence-electron chi connectivity index (χ3n) is 4.59. The Kier molecular flexibility index (Phi) is 5.41. The second-order valence-electron chi connectivity index (χ2n) is 6.73. The van der Waals surface area contributed by atoms with Gasteiger partial charge in [0.15, 0.2) is 6.73 Å². The number of ether oxygens (including phenoxy) is 2. The second-order valence-corrected chi connectivity index (χ2v) is 6.73. The van der Waals surface area contributed by atoms with Crippen LogP contribution >= 0.6 is 0 Å². The topological polar surface area (TPSA) is 50.8 Å². The Morgan fingerprint density at radius 2 is 1.84 bits per heavy atom. The average molecular weight is 432 g/mol. The van der Waals surface area contributed by atoms with Gasteiger partial charge in [-0.15, -0.1) is 0 Å². The van der Waals surface area contributed by atoms with E-state index in [9.17, 15) is 22.4 Å². The molecule has 1 heterocycles. The number of amides is 2. The number of hydrogen-bond donors (Lipinski definition) is 1. The van der Waals surface area contributed by atoms with Gasteiger partial charge in [0.05, 0.1) is 11.3 Å². The molecule has 0 radical (unpaired) electrons. The van der Waals surface area contributed by atoms with E-state index in [1.807, 2.05) is 30.3 Å². The van der Waals surface area contributed by atoms with Crippen molar-refractivity contribution in [1.29, 1.82) is 0 Å². The fourth-order valence-electron chi connectivity index (χ4n) is 3.05. The van der Waals surface area contributed by atoms with Crippen LogP contribution < -0.4 is 19.7 Å². The zero-order chi connectivity index (χ0) is 22.0. The van der Waals surface area contributed by atoms with Crippen LogP contribution in [0.3, 0.4) is 0 Å². The lowest BCUT2D eigenvalue weighted by molar-refractivity contribution is -0.139. The quantitative estimate of drug-likeness (QED) is 0.529. The molecule has 0 aliphatic carbocycles. The number of alkyl halides is 3. The normalized spacial score (nSPS) is 12.8. The van der Waals surface area contributed by atoms with E-state index in [0.29, 0.717) is 35.9 Å². The van der Waals surface area contributed by atoms with Gasteiger partial charge >= 0.3 is 12.2 Å². The van der Waals surface area contributed by atoms with Gasteiger partial charge in [-0.2, -0.15) is 13.2 Å². The number of urea groups is 1. The number of carbonyl (C=O) groups excluding carboxylic acids is 1. The van der Waals surface area contributed by atoms with E-state index in [-0.39, 0.29) is 12.4 Å². The van der Waals surface area contributed by atoms with Crippen molar-refractivity contribution < 1.29 is 31.8 Å². The Hall–Kier alpha value is -3.75. The van der Waals surface area contributed by atoms with Gasteiger partial charge in [-0.25, -0.2) is 9.18 Å². The molecule has 0 bridgehead atoms. The maximum Gasteiger partial charge on any atom is 0.419 e. The summed E-state index contributed by atoms with van der Waals surface area (Å²) in [6, 6.07) is 16.0. The van der Waals surface area contributed by atoms with Gasteiger partial charge in [-0.05, 0) is 35.9 Å². The fraction of sp³-hybridized carbons (Fsp3) is 0.136. The summed E-state index contributed by atoms with van der Waals surface area (Å²) in [5, 5.41) is 2.33. The van der Waals surface area contributed by atoms with Gasteiger partial charge in [-0.3, -0.25) is 4.90 Å². The predicted molar refractivity (Wildman–Crippen MR) is 106 cm³/mol. The lowest BCUT2D eigenvalue weighted by Gasteiger charge is -2.17. The maximum absolute atomic E-state index is 13.4. The largest absolute Gasteiger partial charge is 0.489 e. The first-order valence-electron chi connectivity index (χ1n) is 9.20. The highest BCUT2D eigenvalue weighted by Crippen LogP contribution is 2.38. The van der Waals surface area contributed by atoms with Crippen LogP contribution in [0.4, 0.5) is 33.7 Å². The van der Waals surface area contributed by atoms with E-state index < -0.39 is 23.6 Å². The molecule has 0 fully saturated rings. The Labute approximate surface area is 174 Å². The highest BCUT2D eigenvalue weighted by atomic mass is 19.4. The van der Waals surface area contributed by atoms with Crippen LogP contribution in [0.25, 0.3) is 0 Å². The first kappa shape index (κ1) is 20.5. The van der Waals surface area contributed by atoms with Crippen molar-refractivity contribution in [3.63, 3.8) is 0 Å². The van der Waals surface area contributed by atoms with Crippen LogP contribution in [0, 0.1) is 5.82 Å². The zero-order valence-corrected chi connectivity index (χ0v) is 15.9. The van der Waals surface area contributed by atoms with Crippen molar-refractivity contribution in [3.8, 4) is 11.5 Å². The Bertz CT molecular complexity index is 1100. The molecule has 1 aliphatic heterocycles. The van der Waals surface area contributed by atoms with Crippen molar-refractivity contribution in [2.24, 2.45) is 0 Å². The number of carbonyl (C=O) groups is 1. The number of nitrogens with one attached hydrogen (secondary N) is 1. The highest BCUT2D eigenvalue weighted by Gasteiger charge is 2.34. The van der Waals surface area contributed by atoms with Crippen LogP contribution in [0.1, 0.15) is 11.1 Å². The van der Waals surface area contributed by atoms with Crippen molar-refractivity contribution in [2.75, 3.05) is 16.9 Å². The van der Waals surface area contributed by atoms with E-state index in [0.717, 1.165) is 11.6 Å². The molecule has 1 aliphatic rings. The lowest BCUT2D eigenvalue weighted by atomic mass is 10.2. The van der Waals surface area contributed by atoms with Crippen molar-refractivity contribution >= 4 is 17.4 Å². The Morgan fingerprint density at radius 1 is 1.06 bits per heavy atom. The van der Waals surface area contributed by atoms with E-state index in [1.54, 1.807) is 18.2 Å². The van der Waals surface area contributed by atoms with Gasteiger partial charge in [0.1, 0.15) is 23.9 Å². The molecule has 0 saturated heterocycles. The number of nitrogens with zero attached hydrogens (tertiary/aromatic N) is 1. The summed E-state index contributed by atoms with van der Waals surface area (Å²) in [6.45, 7) is 0.229. The monoisotopic (exact) mass is 432 g/mol. The van der Waals surface area contributed by atoms with Gasteiger partial charge in [0.2, 0.25) is 0 Å². The third-order valence-corrected chi connectivity index (χ3v) is 4.59. The molecule has 0 aromatic heterocycles. The van der Waals surface area contributed by atoms with Crippen molar-refractivity contribution in [2.45, 2.75) is 12.8 Å². The maximum atomic E-state index is 13.4. The Balaban J connectivity index is 1.45. The molecule has 160 valence electrons. The SMILES string of the molecule is O=C(Nc1ccc(F)c(C(F)(F)F)c1)N1COc2cc(OCc3ccccc3)ccc21. The Morgan fingerprint density at radius 3 is 2.58 bits per heavy atom. The third kappa shape index (κ3) is 4.55. The molecule has 0 unspecified atom stereocenters. The van der Waals surface area contributed by atoms with Crippen molar-refractivity contribution in [1.82, 2.24) is 0 Å². The molecule has 3 aromatic rings. The molecule has 4 rings (SSSR count). The summed E-state index contributed by atoms with van der Waals surface area (Å²) in [4.78, 5) is 13.8. The summed E-state index contributed by atoms with van der Waals surface area (Å²) < 4.78 is 63.3. The van der Waals surface area contributed by atoms with Gasteiger partial charge in [-0.1, -0.05) is 30.3 Å². The molecule has 0 saturated carbocycles. The number of halogens is 4. The first-order valence-corrected chi connectivity index (χ1v) is 9.20. The summed E-state index contributed by atoms with van der Waals surface area (Å²) in [5.74, 6) is -0.475. The minimum absolute atomic E-state index is 0.128. The molecule has 0 spiro atoms. The number of hydrogen-bond acceptors (Lipinski definition) is 3. The summed E-state index contributed by atoms with van der Waals surface area (Å²) in [7, 11) is 0. The van der Waals surface area contributed by atoms with Crippen molar-refractivity contribution in [3.05, 3.63) is 83.7 Å². The molecule has 2 amide bonds. The molecule has 3 aromatic carbocycles. The highest BCUT2D eigenvalue weighted by molar-refractivity contribution is 6.03. The van der Waals surface area contributed by atoms with Crippen LogP contribution in [-0.4, -0.2) is 12.8 Å². The molecule has 1 N–H and O–H groups in total. The van der Waals surface area contributed by atoms with Crippen LogP contribution in [0.5, 0.6) is 11.5 Å². The fourth-order valence-corrected chi connectivity index (χ4v) is 3.05. The molecule has 9 heteroatoms. The van der Waals surface area contributed by atoms with E-state index >= 15 is 0 Å². The second kappa shape index (κ2) is 8.17. The smallest absolute Gasteiger partial charge is 0.419 e. The van der Waals surface area contributed by atoms with Crippen LogP contribution in [-0.2, 0) is 12.8 Å². The number of benzene rings is 3. The summed E-state index contributed by atoms with van der Waals surface area (Å²) in [6.07, 6.45) is -4.87.